The molecule has 1 fully saturated rings. The Morgan fingerprint density at radius 1 is 1.45 bits per heavy atom. The third-order valence-electron chi connectivity index (χ3n) is 3.72. The first kappa shape index (κ1) is 17.5. The maximum atomic E-state index is 12.3. The molecule has 0 radical (unpaired) electrons. The Morgan fingerprint density at radius 2 is 2.23 bits per heavy atom. The minimum atomic E-state index is -0.718. The zero-order valence-electron chi connectivity index (χ0n) is 13.1. The van der Waals surface area contributed by atoms with E-state index in [0.717, 1.165) is 24.3 Å². The van der Waals surface area contributed by atoms with Crippen LogP contribution in [0.5, 0.6) is 0 Å². The fraction of sp³-hybridized carbons (Fsp3) is 0.625. The molecule has 1 N–H and O–H groups in total. The van der Waals surface area contributed by atoms with Crippen LogP contribution in [0.2, 0.25) is 0 Å². The number of thiophene rings is 1. The molecule has 1 aliphatic heterocycles. The minimum absolute atomic E-state index is 0.165. The lowest BCUT2D eigenvalue weighted by Crippen LogP contribution is -2.39. The molecule has 0 saturated carbocycles. The van der Waals surface area contributed by atoms with Gasteiger partial charge in [0.2, 0.25) is 0 Å². The number of thioether (sulfide) groups is 1. The van der Waals surface area contributed by atoms with Gasteiger partial charge in [-0.15, -0.1) is 23.1 Å². The Bertz CT molecular complexity index is 527. The molecule has 1 atom stereocenters. The van der Waals surface area contributed by atoms with Crippen LogP contribution in [0.3, 0.4) is 0 Å². The van der Waals surface area contributed by atoms with E-state index in [1.807, 2.05) is 12.1 Å². The van der Waals surface area contributed by atoms with Gasteiger partial charge in [-0.3, -0.25) is 9.59 Å². The van der Waals surface area contributed by atoms with E-state index in [1.165, 1.54) is 4.21 Å². The number of Topliss-reactive ketones (excluding diaryl/α,β-unsaturated/α-hetero) is 1. The predicted octanol–water partition coefficient (Wildman–Crippen LogP) is 3.62. The maximum absolute atomic E-state index is 12.3. The fourth-order valence-electron chi connectivity index (χ4n) is 2.61. The first-order chi connectivity index (χ1) is 10.5. The van der Waals surface area contributed by atoms with Crippen LogP contribution in [0, 0.1) is 5.92 Å². The molecule has 122 valence electrons. The van der Waals surface area contributed by atoms with E-state index < -0.39 is 5.97 Å². The average Bonchev–Trinajstić information content (AvgIpc) is 2.92. The van der Waals surface area contributed by atoms with Gasteiger partial charge in [-0.1, -0.05) is 13.8 Å². The van der Waals surface area contributed by atoms with E-state index in [1.54, 1.807) is 23.1 Å². The van der Waals surface area contributed by atoms with Crippen LogP contribution in [0.4, 0.5) is 0 Å². The van der Waals surface area contributed by atoms with Gasteiger partial charge in [0.1, 0.15) is 0 Å². The van der Waals surface area contributed by atoms with Gasteiger partial charge in [0.05, 0.1) is 15.0 Å². The number of aliphatic carboxylic acids is 1. The van der Waals surface area contributed by atoms with Crippen molar-refractivity contribution in [3.8, 4) is 0 Å². The summed E-state index contributed by atoms with van der Waals surface area (Å²) in [5.74, 6) is -0.831. The van der Waals surface area contributed by atoms with Crippen molar-refractivity contribution >= 4 is 34.9 Å². The zero-order valence-corrected chi connectivity index (χ0v) is 14.7. The second-order valence-corrected chi connectivity index (χ2v) is 8.90. The van der Waals surface area contributed by atoms with Gasteiger partial charge in [-0.25, -0.2) is 0 Å². The number of likely N-dealkylation sites (tertiary alicyclic amines) is 1. The third-order valence-corrected chi connectivity index (χ3v) is 6.02. The number of piperidine rings is 1. The molecular formula is C16H23NO3S2. The van der Waals surface area contributed by atoms with Gasteiger partial charge in [0.25, 0.3) is 0 Å². The summed E-state index contributed by atoms with van der Waals surface area (Å²) < 4.78 is 1.18. The molecule has 6 heteroatoms. The van der Waals surface area contributed by atoms with Crippen LogP contribution in [-0.2, 0) is 4.79 Å². The van der Waals surface area contributed by atoms with Gasteiger partial charge < -0.3 is 10.0 Å². The van der Waals surface area contributed by atoms with Crippen molar-refractivity contribution in [2.75, 3.05) is 19.6 Å². The predicted molar refractivity (Wildman–Crippen MR) is 91.1 cm³/mol. The molecule has 0 spiro atoms. The van der Waals surface area contributed by atoms with E-state index in [4.69, 9.17) is 5.11 Å². The monoisotopic (exact) mass is 341 g/mol. The van der Waals surface area contributed by atoms with Crippen molar-refractivity contribution in [1.82, 2.24) is 4.90 Å². The Morgan fingerprint density at radius 3 is 2.91 bits per heavy atom. The number of ketones is 1. The lowest BCUT2D eigenvalue weighted by atomic mass is 9.98. The molecule has 0 aromatic carbocycles. The molecule has 2 heterocycles. The molecule has 0 amide bonds. The van der Waals surface area contributed by atoms with Crippen molar-refractivity contribution < 1.29 is 14.7 Å². The largest absolute Gasteiger partial charge is 0.481 e. The lowest BCUT2D eigenvalue weighted by molar-refractivity contribution is -0.143. The molecule has 2 rings (SSSR count). The summed E-state index contributed by atoms with van der Waals surface area (Å²) in [6, 6.07) is 3.93. The Labute approximate surface area is 139 Å². The van der Waals surface area contributed by atoms with Crippen LogP contribution in [0.15, 0.2) is 16.3 Å². The minimum Gasteiger partial charge on any atom is -0.481 e. The first-order valence-electron chi connectivity index (χ1n) is 7.70. The summed E-state index contributed by atoms with van der Waals surface area (Å²) in [5.41, 5.74) is 0. The highest BCUT2D eigenvalue weighted by molar-refractivity contribution is 8.01. The van der Waals surface area contributed by atoms with Crippen molar-refractivity contribution in [3.05, 3.63) is 17.0 Å². The molecule has 1 aliphatic rings. The summed E-state index contributed by atoms with van der Waals surface area (Å²) >= 11 is 3.34. The van der Waals surface area contributed by atoms with Crippen molar-refractivity contribution in [3.63, 3.8) is 0 Å². The highest BCUT2D eigenvalue weighted by Gasteiger charge is 2.25. The van der Waals surface area contributed by atoms with Crippen molar-refractivity contribution in [1.29, 1.82) is 0 Å². The van der Waals surface area contributed by atoms with Gasteiger partial charge in [-0.2, -0.15) is 0 Å². The number of hydrogen-bond acceptors (Lipinski definition) is 5. The molecule has 1 unspecified atom stereocenters. The number of carbonyl (C=O) groups is 2. The average molecular weight is 341 g/mol. The van der Waals surface area contributed by atoms with Crippen molar-refractivity contribution in [2.24, 2.45) is 5.92 Å². The standard InChI is InChI=1S/C16H23NO3S2/c1-11(2)21-15-6-5-14(22-15)13(18)7-9-17-8-3-4-12(10-17)16(19)20/h5-6,11-12H,3-4,7-10H2,1-2H3,(H,19,20). The Hall–Kier alpha value is -0.850. The van der Waals surface area contributed by atoms with Gasteiger partial charge in [0, 0.05) is 24.8 Å². The third kappa shape index (κ3) is 5.11. The number of nitrogens with zero attached hydrogens (tertiary/aromatic N) is 1. The van der Waals surface area contributed by atoms with E-state index in [2.05, 4.69) is 18.7 Å². The molecular weight excluding hydrogens is 318 g/mol. The number of carboxylic acid groups (broad SMARTS) is 1. The zero-order chi connectivity index (χ0) is 16.1. The first-order valence-corrected chi connectivity index (χ1v) is 9.40. The summed E-state index contributed by atoms with van der Waals surface area (Å²) in [6.45, 7) is 6.41. The topological polar surface area (TPSA) is 57.6 Å². The molecule has 1 aromatic heterocycles. The SMILES string of the molecule is CC(C)Sc1ccc(C(=O)CCN2CCCC(C(=O)O)C2)s1. The highest BCUT2D eigenvalue weighted by Crippen LogP contribution is 2.31. The summed E-state index contributed by atoms with van der Waals surface area (Å²) in [7, 11) is 0. The summed E-state index contributed by atoms with van der Waals surface area (Å²) in [6.07, 6.45) is 2.12. The molecule has 0 aliphatic carbocycles. The van der Waals surface area contributed by atoms with Gasteiger partial charge in [0.15, 0.2) is 5.78 Å². The normalized spacial score (nSPS) is 19.5. The molecule has 4 nitrogen and oxygen atoms in total. The van der Waals surface area contributed by atoms with Crippen molar-refractivity contribution in [2.45, 2.75) is 42.6 Å². The fourth-order valence-corrected chi connectivity index (χ4v) is 4.96. The van der Waals surface area contributed by atoms with Gasteiger partial charge >= 0.3 is 5.97 Å². The molecule has 22 heavy (non-hydrogen) atoms. The number of carbonyl (C=O) groups excluding carboxylic acids is 1. The van der Waals surface area contributed by atoms with E-state index in [0.29, 0.717) is 24.8 Å². The molecule has 1 aromatic rings. The lowest BCUT2D eigenvalue weighted by Gasteiger charge is -2.30. The molecule has 0 bridgehead atoms. The van der Waals surface area contributed by atoms with E-state index in [9.17, 15) is 9.59 Å². The number of carboxylic acids is 1. The Kier molecular flexibility index (Phi) is 6.47. The van der Waals surface area contributed by atoms with E-state index >= 15 is 0 Å². The van der Waals surface area contributed by atoms with Crippen LogP contribution in [0.1, 0.15) is 42.8 Å². The van der Waals surface area contributed by atoms with E-state index in [-0.39, 0.29) is 11.7 Å². The second kappa shape index (κ2) is 8.13. The Balaban J connectivity index is 1.82. The van der Waals surface area contributed by atoms with Crippen LogP contribution < -0.4 is 0 Å². The second-order valence-electron chi connectivity index (χ2n) is 5.94. The molecule has 1 saturated heterocycles. The highest BCUT2D eigenvalue weighted by atomic mass is 32.2. The van der Waals surface area contributed by atoms with Gasteiger partial charge in [-0.05, 0) is 31.5 Å². The van der Waals surface area contributed by atoms with Crippen LogP contribution in [-0.4, -0.2) is 46.6 Å². The number of rotatable bonds is 7. The number of hydrogen-bond donors (Lipinski definition) is 1. The van der Waals surface area contributed by atoms with Crippen LogP contribution in [0.25, 0.3) is 0 Å². The summed E-state index contributed by atoms with van der Waals surface area (Å²) in [5, 5.41) is 9.61. The summed E-state index contributed by atoms with van der Waals surface area (Å²) in [4.78, 5) is 26.2. The quantitative estimate of drug-likeness (QED) is 0.606. The van der Waals surface area contributed by atoms with Crippen LogP contribution >= 0.6 is 23.1 Å². The smallest absolute Gasteiger partial charge is 0.307 e. The maximum Gasteiger partial charge on any atom is 0.307 e.